The highest BCUT2D eigenvalue weighted by molar-refractivity contribution is 5.37. The van der Waals surface area contributed by atoms with Gasteiger partial charge in [0, 0.05) is 12.6 Å². The SMILES string of the molecule is Cc1ccc2c(c1)C(NCCCC(C)(C)CO)CC2. The summed E-state index contributed by atoms with van der Waals surface area (Å²) in [7, 11) is 0. The zero-order chi connectivity index (χ0) is 13.9. The minimum Gasteiger partial charge on any atom is -0.396 e. The molecule has 106 valence electrons. The highest BCUT2D eigenvalue weighted by Gasteiger charge is 2.22. The molecule has 0 saturated heterocycles. The van der Waals surface area contributed by atoms with Crippen molar-refractivity contribution in [3.8, 4) is 0 Å². The first-order valence-electron chi connectivity index (χ1n) is 7.45. The van der Waals surface area contributed by atoms with Crippen molar-refractivity contribution in [1.29, 1.82) is 0 Å². The predicted molar refractivity (Wildman–Crippen MR) is 80.3 cm³/mol. The smallest absolute Gasteiger partial charge is 0.0482 e. The third-order valence-electron chi connectivity index (χ3n) is 4.23. The maximum absolute atomic E-state index is 9.25. The number of aliphatic hydroxyl groups excluding tert-OH is 1. The van der Waals surface area contributed by atoms with Crippen LogP contribution in [0.2, 0.25) is 0 Å². The normalized spacial score (nSPS) is 18.6. The zero-order valence-electron chi connectivity index (χ0n) is 12.5. The van der Waals surface area contributed by atoms with E-state index >= 15 is 0 Å². The van der Waals surface area contributed by atoms with Crippen molar-refractivity contribution in [2.45, 2.75) is 52.5 Å². The van der Waals surface area contributed by atoms with Crippen LogP contribution in [0.3, 0.4) is 0 Å². The van der Waals surface area contributed by atoms with Gasteiger partial charge in [-0.2, -0.15) is 0 Å². The zero-order valence-corrected chi connectivity index (χ0v) is 12.5. The fourth-order valence-corrected chi connectivity index (χ4v) is 2.86. The number of fused-ring (bicyclic) bond motifs is 1. The molecule has 1 aromatic rings. The number of rotatable bonds is 6. The van der Waals surface area contributed by atoms with E-state index in [0.717, 1.165) is 19.4 Å². The second-order valence-corrected chi connectivity index (χ2v) is 6.67. The van der Waals surface area contributed by atoms with E-state index in [-0.39, 0.29) is 12.0 Å². The Labute approximate surface area is 117 Å². The van der Waals surface area contributed by atoms with Crippen LogP contribution in [0.15, 0.2) is 18.2 Å². The second kappa shape index (κ2) is 6.06. The molecule has 0 amide bonds. The van der Waals surface area contributed by atoms with Crippen LogP contribution in [0.4, 0.5) is 0 Å². The van der Waals surface area contributed by atoms with Crippen molar-refractivity contribution in [3.05, 3.63) is 34.9 Å². The van der Waals surface area contributed by atoms with E-state index in [2.05, 4.69) is 44.3 Å². The molecule has 2 N–H and O–H groups in total. The Morgan fingerprint density at radius 2 is 2.16 bits per heavy atom. The summed E-state index contributed by atoms with van der Waals surface area (Å²) in [6.45, 7) is 7.74. The predicted octanol–water partition coefficient (Wildman–Crippen LogP) is 3.37. The molecule has 0 saturated carbocycles. The van der Waals surface area contributed by atoms with Crippen molar-refractivity contribution < 1.29 is 5.11 Å². The fraction of sp³-hybridized carbons (Fsp3) is 0.647. The number of benzene rings is 1. The summed E-state index contributed by atoms with van der Waals surface area (Å²) in [5.41, 5.74) is 4.43. The van der Waals surface area contributed by atoms with Gasteiger partial charge in [0.25, 0.3) is 0 Å². The molecule has 0 bridgehead atoms. The quantitative estimate of drug-likeness (QED) is 0.770. The third-order valence-corrected chi connectivity index (χ3v) is 4.23. The van der Waals surface area contributed by atoms with Crippen molar-refractivity contribution in [2.75, 3.05) is 13.2 Å². The van der Waals surface area contributed by atoms with Gasteiger partial charge in [-0.3, -0.25) is 0 Å². The topological polar surface area (TPSA) is 32.3 Å². The van der Waals surface area contributed by atoms with Gasteiger partial charge < -0.3 is 10.4 Å². The summed E-state index contributed by atoms with van der Waals surface area (Å²) in [5, 5.41) is 12.9. The van der Waals surface area contributed by atoms with Crippen LogP contribution >= 0.6 is 0 Å². The lowest BCUT2D eigenvalue weighted by Gasteiger charge is -2.22. The molecular formula is C17H27NO. The van der Waals surface area contributed by atoms with Crippen molar-refractivity contribution in [2.24, 2.45) is 5.41 Å². The molecule has 0 aromatic heterocycles. The molecule has 2 nitrogen and oxygen atoms in total. The molecule has 2 rings (SSSR count). The van der Waals surface area contributed by atoms with E-state index in [1.54, 1.807) is 0 Å². The Morgan fingerprint density at radius 1 is 1.37 bits per heavy atom. The molecular weight excluding hydrogens is 234 g/mol. The van der Waals surface area contributed by atoms with Gasteiger partial charge in [-0.15, -0.1) is 0 Å². The Balaban J connectivity index is 1.82. The van der Waals surface area contributed by atoms with E-state index in [4.69, 9.17) is 0 Å². The van der Waals surface area contributed by atoms with Crippen molar-refractivity contribution >= 4 is 0 Å². The highest BCUT2D eigenvalue weighted by atomic mass is 16.3. The third kappa shape index (κ3) is 3.80. The van der Waals surface area contributed by atoms with Gasteiger partial charge in [0.15, 0.2) is 0 Å². The Kier molecular flexibility index (Phi) is 4.64. The summed E-state index contributed by atoms with van der Waals surface area (Å²) in [6, 6.07) is 7.36. The summed E-state index contributed by atoms with van der Waals surface area (Å²) >= 11 is 0. The Bertz CT molecular complexity index is 425. The van der Waals surface area contributed by atoms with Gasteiger partial charge in [0.1, 0.15) is 0 Å². The molecule has 0 spiro atoms. The molecule has 1 aliphatic carbocycles. The molecule has 0 radical (unpaired) electrons. The first-order valence-corrected chi connectivity index (χ1v) is 7.45. The highest BCUT2D eigenvalue weighted by Crippen LogP contribution is 2.31. The van der Waals surface area contributed by atoms with Crippen LogP contribution in [0.25, 0.3) is 0 Å². The van der Waals surface area contributed by atoms with Gasteiger partial charge in [-0.05, 0) is 55.7 Å². The standard InChI is InChI=1S/C17H27NO/c1-13-5-6-14-7-8-16(15(14)11-13)18-10-4-9-17(2,3)12-19/h5-6,11,16,18-19H,4,7-10,12H2,1-3H3. The maximum Gasteiger partial charge on any atom is 0.0482 e. The Morgan fingerprint density at radius 3 is 2.89 bits per heavy atom. The molecule has 1 unspecified atom stereocenters. The largest absolute Gasteiger partial charge is 0.396 e. The van der Waals surface area contributed by atoms with Gasteiger partial charge in [-0.1, -0.05) is 37.6 Å². The van der Waals surface area contributed by atoms with Gasteiger partial charge >= 0.3 is 0 Å². The summed E-state index contributed by atoms with van der Waals surface area (Å²) in [6.07, 6.45) is 4.63. The first kappa shape index (κ1) is 14.5. The Hall–Kier alpha value is -0.860. The lowest BCUT2D eigenvalue weighted by atomic mass is 9.89. The number of hydrogen-bond acceptors (Lipinski definition) is 2. The first-order chi connectivity index (χ1) is 9.02. The summed E-state index contributed by atoms with van der Waals surface area (Å²) < 4.78 is 0. The van der Waals surface area contributed by atoms with Crippen LogP contribution in [0, 0.1) is 12.3 Å². The minimum atomic E-state index is 0.0614. The number of aryl methyl sites for hydroxylation is 2. The molecule has 1 aromatic carbocycles. The summed E-state index contributed by atoms with van der Waals surface area (Å²) in [4.78, 5) is 0. The molecule has 0 heterocycles. The van der Waals surface area contributed by atoms with E-state index < -0.39 is 0 Å². The van der Waals surface area contributed by atoms with Gasteiger partial charge in [0.05, 0.1) is 0 Å². The number of nitrogens with one attached hydrogen (secondary N) is 1. The lowest BCUT2D eigenvalue weighted by Crippen LogP contribution is -2.23. The van der Waals surface area contributed by atoms with E-state index in [1.807, 2.05) is 0 Å². The average Bonchev–Trinajstić information content (AvgIpc) is 2.77. The van der Waals surface area contributed by atoms with Crippen LogP contribution < -0.4 is 5.32 Å². The van der Waals surface area contributed by atoms with Crippen molar-refractivity contribution in [1.82, 2.24) is 5.32 Å². The monoisotopic (exact) mass is 261 g/mol. The van der Waals surface area contributed by atoms with Crippen LogP contribution in [0.5, 0.6) is 0 Å². The summed E-state index contributed by atoms with van der Waals surface area (Å²) in [5.74, 6) is 0. The lowest BCUT2D eigenvalue weighted by molar-refractivity contribution is 0.147. The minimum absolute atomic E-state index is 0.0614. The van der Waals surface area contributed by atoms with E-state index in [0.29, 0.717) is 6.04 Å². The number of aliphatic hydroxyl groups is 1. The molecule has 2 heteroatoms. The van der Waals surface area contributed by atoms with Gasteiger partial charge in [0.2, 0.25) is 0 Å². The molecule has 19 heavy (non-hydrogen) atoms. The van der Waals surface area contributed by atoms with Crippen LogP contribution in [-0.4, -0.2) is 18.3 Å². The van der Waals surface area contributed by atoms with E-state index in [1.165, 1.54) is 29.5 Å². The second-order valence-electron chi connectivity index (χ2n) is 6.67. The van der Waals surface area contributed by atoms with Crippen LogP contribution in [0.1, 0.15) is 55.8 Å². The van der Waals surface area contributed by atoms with Crippen LogP contribution in [-0.2, 0) is 6.42 Å². The molecule has 0 fully saturated rings. The molecule has 0 aliphatic heterocycles. The fourth-order valence-electron chi connectivity index (χ4n) is 2.86. The average molecular weight is 261 g/mol. The number of hydrogen-bond donors (Lipinski definition) is 2. The van der Waals surface area contributed by atoms with E-state index in [9.17, 15) is 5.11 Å². The molecule has 1 aliphatic rings. The van der Waals surface area contributed by atoms with Gasteiger partial charge in [-0.25, -0.2) is 0 Å². The maximum atomic E-state index is 9.25. The molecule has 1 atom stereocenters. The van der Waals surface area contributed by atoms with Crippen molar-refractivity contribution in [3.63, 3.8) is 0 Å².